The second-order valence-electron chi connectivity index (χ2n) is 10.6. The SMILES string of the molecule is CC(C)(C)OC(=O)NC1CCCN(C(=O)c2ccc(B3OC(C)(C)C(C)(C)O3)c(Cl)c2)C1. The molecule has 0 radical (unpaired) electrons. The van der Waals surface area contributed by atoms with Gasteiger partial charge in [0.2, 0.25) is 0 Å². The summed E-state index contributed by atoms with van der Waals surface area (Å²) >= 11 is 6.53. The second kappa shape index (κ2) is 8.88. The molecule has 0 aliphatic carbocycles. The van der Waals surface area contributed by atoms with Crippen LogP contribution in [0.1, 0.15) is 71.7 Å². The molecule has 0 aromatic heterocycles. The van der Waals surface area contributed by atoms with Gasteiger partial charge in [0.25, 0.3) is 5.91 Å². The lowest BCUT2D eigenvalue weighted by atomic mass is 9.78. The number of carbonyl (C=O) groups excluding carboxylic acids is 2. The molecule has 2 saturated heterocycles. The van der Waals surface area contributed by atoms with Crippen molar-refractivity contribution in [1.29, 1.82) is 0 Å². The molecule has 2 aliphatic rings. The van der Waals surface area contributed by atoms with Gasteiger partial charge in [-0.05, 0) is 73.4 Å². The van der Waals surface area contributed by atoms with Gasteiger partial charge in [0, 0.05) is 35.2 Å². The van der Waals surface area contributed by atoms with Gasteiger partial charge in [-0.3, -0.25) is 4.79 Å². The Morgan fingerprint density at radius 2 is 1.81 bits per heavy atom. The van der Waals surface area contributed by atoms with Crippen molar-refractivity contribution in [2.45, 2.75) is 84.2 Å². The van der Waals surface area contributed by atoms with Gasteiger partial charge in [0.15, 0.2) is 0 Å². The first kappa shape index (κ1) is 24.9. The van der Waals surface area contributed by atoms with Crippen LogP contribution in [0.3, 0.4) is 0 Å². The molecule has 1 aromatic rings. The van der Waals surface area contributed by atoms with Crippen molar-refractivity contribution in [1.82, 2.24) is 10.2 Å². The molecule has 0 bridgehead atoms. The molecule has 32 heavy (non-hydrogen) atoms. The van der Waals surface area contributed by atoms with Gasteiger partial charge in [-0.2, -0.15) is 0 Å². The number of hydrogen-bond acceptors (Lipinski definition) is 5. The minimum absolute atomic E-state index is 0.122. The Kier molecular flexibility index (Phi) is 6.90. The van der Waals surface area contributed by atoms with Crippen LogP contribution in [-0.2, 0) is 14.0 Å². The van der Waals surface area contributed by atoms with E-state index in [1.807, 2.05) is 48.5 Å². The first-order chi connectivity index (χ1) is 14.7. The molecule has 3 rings (SSSR count). The minimum atomic E-state index is -0.589. The highest BCUT2D eigenvalue weighted by Crippen LogP contribution is 2.37. The standard InChI is InChI=1S/C23H34BClN2O5/c1-21(2,3)30-20(29)26-16-9-8-12-27(14-16)19(28)15-10-11-17(18(25)13-15)24-31-22(4,5)23(6,7)32-24/h10-11,13,16H,8-9,12,14H2,1-7H3,(H,26,29). The fourth-order valence-electron chi connectivity index (χ4n) is 3.76. The molecule has 0 saturated carbocycles. The third kappa shape index (κ3) is 5.59. The van der Waals surface area contributed by atoms with Crippen LogP contribution in [0.25, 0.3) is 0 Å². The highest BCUT2D eigenvalue weighted by molar-refractivity contribution is 6.65. The van der Waals surface area contributed by atoms with Crippen LogP contribution in [0.5, 0.6) is 0 Å². The van der Waals surface area contributed by atoms with Crippen LogP contribution in [0.4, 0.5) is 4.79 Å². The van der Waals surface area contributed by atoms with Crippen molar-refractivity contribution >= 4 is 36.2 Å². The maximum absolute atomic E-state index is 13.1. The van der Waals surface area contributed by atoms with Gasteiger partial charge in [-0.1, -0.05) is 17.7 Å². The second-order valence-corrected chi connectivity index (χ2v) is 11.0. The maximum atomic E-state index is 13.1. The number of ether oxygens (including phenoxy) is 1. The summed E-state index contributed by atoms with van der Waals surface area (Å²) in [6.07, 6.45) is 1.13. The zero-order valence-corrected chi connectivity index (χ0v) is 20.8. The van der Waals surface area contributed by atoms with Crippen LogP contribution in [-0.4, -0.2) is 60.0 Å². The summed E-state index contributed by atoms with van der Waals surface area (Å²) in [5, 5.41) is 3.30. The summed E-state index contributed by atoms with van der Waals surface area (Å²) in [6, 6.07) is 5.05. The van der Waals surface area contributed by atoms with Gasteiger partial charge < -0.3 is 24.3 Å². The third-order valence-electron chi connectivity index (χ3n) is 6.18. The Hall–Kier alpha value is -1.77. The van der Waals surface area contributed by atoms with Crippen LogP contribution in [0.2, 0.25) is 5.02 Å². The Labute approximate surface area is 196 Å². The summed E-state index contributed by atoms with van der Waals surface area (Å²) in [7, 11) is -0.589. The molecule has 1 aromatic carbocycles. The molecular formula is C23H34BClN2O5. The van der Waals surface area contributed by atoms with E-state index in [2.05, 4.69) is 5.32 Å². The van der Waals surface area contributed by atoms with Crippen LogP contribution in [0, 0.1) is 0 Å². The van der Waals surface area contributed by atoms with E-state index in [0.29, 0.717) is 29.1 Å². The Morgan fingerprint density at radius 1 is 1.19 bits per heavy atom. The van der Waals surface area contributed by atoms with Crippen molar-refractivity contribution in [3.8, 4) is 0 Å². The van der Waals surface area contributed by atoms with E-state index in [0.717, 1.165) is 12.8 Å². The lowest BCUT2D eigenvalue weighted by molar-refractivity contribution is 0.00578. The first-order valence-electron chi connectivity index (χ1n) is 11.1. The monoisotopic (exact) mass is 464 g/mol. The molecule has 1 N–H and O–H groups in total. The zero-order valence-electron chi connectivity index (χ0n) is 20.1. The lowest BCUT2D eigenvalue weighted by Crippen LogP contribution is -2.50. The predicted molar refractivity (Wildman–Crippen MR) is 125 cm³/mol. The van der Waals surface area contributed by atoms with E-state index in [1.165, 1.54) is 0 Å². The fourth-order valence-corrected chi connectivity index (χ4v) is 4.03. The van der Waals surface area contributed by atoms with E-state index in [-0.39, 0.29) is 11.9 Å². The third-order valence-corrected chi connectivity index (χ3v) is 6.51. The number of nitrogens with one attached hydrogen (secondary N) is 1. The quantitative estimate of drug-likeness (QED) is 0.689. The summed E-state index contributed by atoms with van der Waals surface area (Å²) in [5.41, 5.74) is -0.318. The molecule has 9 heteroatoms. The minimum Gasteiger partial charge on any atom is -0.444 e. The first-order valence-corrected chi connectivity index (χ1v) is 11.5. The van der Waals surface area contributed by atoms with E-state index < -0.39 is 30.0 Å². The van der Waals surface area contributed by atoms with Gasteiger partial charge >= 0.3 is 13.2 Å². The number of piperidine rings is 1. The summed E-state index contributed by atoms with van der Waals surface area (Å²) in [5.74, 6) is -0.122. The van der Waals surface area contributed by atoms with Crippen molar-refractivity contribution < 1.29 is 23.6 Å². The summed E-state index contributed by atoms with van der Waals surface area (Å²) in [6.45, 7) is 14.4. The van der Waals surface area contributed by atoms with E-state index in [9.17, 15) is 9.59 Å². The van der Waals surface area contributed by atoms with Gasteiger partial charge in [-0.25, -0.2) is 4.79 Å². The van der Waals surface area contributed by atoms with Crippen LogP contribution < -0.4 is 10.8 Å². The number of benzene rings is 1. The highest BCUT2D eigenvalue weighted by Gasteiger charge is 2.52. The van der Waals surface area contributed by atoms with Crippen molar-refractivity contribution in [2.75, 3.05) is 13.1 Å². The number of likely N-dealkylation sites (tertiary alicyclic amines) is 1. The molecule has 2 heterocycles. The Morgan fingerprint density at radius 3 is 2.38 bits per heavy atom. The number of carbonyl (C=O) groups is 2. The predicted octanol–water partition coefficient (Wildman–Crippen LogP) is 3.77. The number of amides is 2. The molecule has 176 valence electrons. The number of hydrogen-bond donors (Lipinski definition) is 1. The molecular weight excluding hydrogens is 431 g/mol. The molecule has 2 amide bonds. The molecule has 1 unspecified atom stereocenters. The van der Waals surface area contributed by atoms with Crippen molar-refractivity contribution in [2.24, 2.45) is 0 Å². The number of nitrogens with zero attached hydrogens (tertiary/aromatic N) is 1. The zero-order chi connectivity index (χ0) is 23.9. The number of alkyl carbamates (subject to hydrolysis) is 1. The van der Waals surface area contributed by atoms with Gasteiger partial charge in [0.1, 0.15) is 5.60 Å². The summed E-state index contributed by atoms with van der Waals surface area (Å²) < 4.78 is 17.5. The Balaban J connectivity index is 1.66. The largest absolute Gasteiger partial charge is 0.496 e. The van der Waals surface area contributed by atoms with Crippen LogP contribution in [0.15, 0.2) is 18.2 Å². The average Bonchev–Trinajstić information content (AvgIpc) is 2.86. The lowest BCUT2D eigenvalue weighted by Gasteiger charge is -2.33. The summed E-state index contributed by atoms with van der Waals surface area (Å²) in [4.78, 5) is 26.9. The van der Waals surface area contributed by atoms with E-state index >= 15 is 0 Å². The normalized spacial score (nSPS) is 22.6. The van der Waals surface area contributed by atoms with Gasteiger partial charge in [0.05, 0.1) is 11.2 Å². The van der Waals surface area contributed by atoms with E-state index in [4.69, 9.17) is 25.6 Å². The highest BCUT2D eigenvalue weighted by atomic mass is 35.5. The average molecular weight is 465 g/mol. The van der Waals surface area contributed by atoms with Crippen molar-refractivity contribution in [3.05, 3.63) is 28.8 Å². The number of halogens is 1. The topological polar surface area (TPSA) is 77.1 Å². The molecule has 0 spiro atoms. The Bertz CT molecular complexity index is 868. The molecule has 7 nitrogen and oxygen atoms in total. The number of rotatable bonds is 3. The smallest absolute Gasteiger partial charge is 0.444 e. The molecule has 2 fully saturated rings. The van der Waals surface area contributed by atoms with E-state index in [1.54, 1.807) is 23.1 Å². The molecule has 1 atom stereocenters. The maximum Gasteiger partial charge on any atom is 0.496 e. The molecule has 2 aliphatic heterocycles. The fraction of sp³-hybridized carbons (Fsp3) is 0.652. The van der Waals surface area contributed by atoms with Gasteiger partial charge in [-0.15, -0.1) is 0 Å². The van der Waals surface area contributed by atoms with Crippen LogP contribution >= 0.6 is 11.6 Å². The van der Waals surface area contributed by atoms with Crippen molar-refractivity contribution in [3.63, 3.8) is 0 Å².